The van der Waals surface area contributed by atoms with Crippen LogP contribution in [0.2, 0.25) is 0 Å². The third-order valence-electron chi connectivity index (χ3n) is 2.85. The molecule has 1 rings (SSSR count). The largest absolute Gasteiger partial charge is 0.0853 e. The SMILES string of the molecule is CCC=C(CC)CC=C(C)c1ccccc1. The van der Waals surface area contributed by atoms with E-state index >= 15 is 0 Å². The Morgan fingerprint density at radius 3 is 2.31 bits per heavy atom. The number of benzene rings is 1. The number of rotatable bonds is 5. The molecule has 0 unspecified atom stereocenters. The number of hydrogen-bond donors (Lipinski definition) is 0. The molecular weight excluding hydrogens is 192 g/mol. The molecule has 0 nitrogen and oxygen atoms in total. The van der Waals surface area contributed by atoms with Crippen molar-refractivity contribution in [3.05, 3.63) is 53.6 Å². The van der Waals surface area contributed by atoms with Crippen molar-refractivity contribution in [2.24, 2.45) is 0 Å². The van der Waals surface area contributed by atoms with Gasteiger partial charge in [0.25, 0.3) is 0 Å². The summed E-state index contributed by atoms with van der Waals surface area (Å²) >= 11 is 0. The zero-order valence-electron chi connectivity index (χ0n) is 10.7. The van der Waals surface area contributed by atoms with Crippen LogP contribution >= 0.6 is 0 Å². The van der Waals surface area contributed by atoms with E-state index < -0.39 is 0 Å². The Kier molecular flexibility index (Phi) is 5.63. The van der Waals surface area contributed by atoms with Gasteiger partial charge in [-0.25, -0.2) is 0 Å². The standard InChI is InChI=1S/C16H22/c1-4-9-15(5-2)13-12-14(3)16-10-7-6-8-11-16/h6-12H,4-5,13H2,1-3H3. The fraction of sp³-hybridized carbons (Fsp3) is 0.375. The van der Waals surface area contributed by atoms with Gasteiger partial charge in [0, 0.05) is 0 Å². The summed E-state index contributed by atoms with van der Waals surface area (Å²) in [4.78, 5) is 0. The van der Waals surface area contributed by atoms with Crippen LogP contribution in [0.25, 0.3) is 5.57 Å². The van der Waals surface area contributed by atoms with Crippen molar-refractivity contribution in [2.75, 3.05) is 0 Å². The lowest BCUT2D eigenvalue weighted by atomic mass is 10.0. The summed E-state index contributed by atoms with van der Waals surface area (Å²) in [5.74, 6) is 0. The molecule has 0 aromatic heterocycles. The molecule has 0 aliphatic rings. The second-order valence-electron chi connectivity index (χ2n) is 4.08. The molecule has 0 saturated carbocycles. The van der Waals surface area contributed by atoms with E-state index in [0.29, 0.717) is 0 Å². The van der Waals surface area contributed by atoms with Gasteiger partial charge in [0.1, 0.15) is 0 Å². The third-order valence-corrected chi connectivity index (χ3v) is 2.85. The molecule has 0 heteroatoms. The average Bonchev–Trinajstić information content (AvgIpc) is 2.35. The van der Waals surface area contributed by atoms with Crippen molar-refractivity contribution in [3.63, 3.8) is 0 Å². The van der Waals surface area contributed by atoms with Crippen LogP contribution in [0.3, 0.4) is 0 Å². The van der Waals surface area contributed by atoms with Gasteiger partial charge in [-0.05, 0) is 37.3 Å². The van der Waals surface area contributed by atoms with Crippen LogP contribution in [0.4, 0.5) is 0 Å². The molecule has 0 amide bonds. The quantitative estimate of drug-likeness (QED) is 0.589. The Bertz CT molecular complexity index is 355. The smallest absolute Gasteiger partial charge is 0.0133 e. The summed E-state index contributed by atoms with van der Waals surface area (Å²) in [5, 5.41) is 0. The second-order valence-corrected chi connectivity index (χ2v) is 4.08. The summed E-state index contributed by atoms with van der Waals surface area (Å²) in [6, 6.07) is 10.6. The molecule has 1 aromatic rings. The van der Waals surface area contributed by atoms with Crippen molar-refractivity contribution in [2.45, 2.75) is 40.0 Å². The summed E-state index contributed by atoms with van der Waals surface area (Å²) in [7, 11) is 0. The van der Waals surface area contributed by atoms with Crippen LogP contribution in [0.1, 0.15) is 45.6 Å². The van der Waals surface area contributed by atoms with Crippen LogP contribution < -0.4 is 0 Å². The molecule has 0 spiro atoms. The molecule has 16 heavy (non-hydrogen) atoms. The first-order chi connectivity index (χ1) is 7.77. The third kappa shape index (κ3) is 4.06. The predicted octanol–water partition coefficient (Wildman–Crippen LogP) is 5.23. The van der Waals surface area contributed by atoms with E-state index in [1.807, 2.05) is 0 Å². The van der Waals surface area contributed by atoms with Crippen molar-refractivity contribution >= 4 is 5.57 Å². The molecule has 0 atom stereocenters. The minimum atomic E-state index is 1.09. The molecule has 0 heterocycles. The number of hydrogen-bond acceptors (Lipinski definition) is 0. The Labute approximate surface area is 99.7 Å². The maximum absolute atomic E-state index is 2.34. The maximum Gasteiger partial charge on any atom is -0.0133 e. The molecule has 0 saturated heterocycles. The Morgan fingerprint density at radius 2 is 1.75 bits per heavy atom. The minimum Gasteiger partial charge on any atom is -0.0853 e. The molecule has 0 N–H and O–H groups in total. The van der Waals surface area contributed by atoms with Crippen molar-refractivity contribution in [1.82, 2.24) is 0 Å². The zero-order chi connectivity index (χ0) is 11.8. The highest BCUT2D eigenvalue weighted by Crippen LogP contribution is 2.17. The van der Waals surface area contributed by atoms with E-state index in [1.165, 1.54) is 16.7 Å². The van der Waals surface area contributed by atoms with Crippen molar-refractivity contribution < 1.29 is 0 Å². The summed E-state index contributed by atoms with van der Waals surface area (Å²) in [6.45, 7) is 6.62. The van der Waals surface area contributed by atoms with E-state index in [9.17, 15) is 0 Å². The van der Waals surface area contributed by atoms with E-state index in [2.05, 4.69) is 63.3 Å². The van der Waals surface area contributed by atoms with Crippen LogP contribution in [-0.2, 0) is 0 Å². The lowest BCUT2D eigenvalue weighted by molar-refractivity contribution is 1.00. The van der Waals surface area contributed by atoms with Gasteiger partial charge < -0.3 is 0 Å². The lowest BCUT2D eigenvalue weighted by Gasteiger charge is -2.03. The van der Waals surface area contributed by atoms with Gasteiger partial charge >= 0.3 is 0 Å². The van der Waals surface area contributed by atoms with Crippen LogP contribution in [0.15, 0.2) is 48.1 Å². The molecule has 0 aliphatic heterocycles. The van der Waals surface area contributed by atoms with Crippen molar-refractivity contribution in [1.29, 1.82) is 0 Å². The van der Waals surface area contributed by atoms with Gasteiger partial charge in [-0.3, -0.25) is 0 Å². The second kappa shape index (κ2) is 7.05. The Balaban J connectivity index is 2.68. The first-order valence-corrected chi connectivity index (χ1v) is 6.18. The highest BCUT2D eigenvalue weighted by Gasteiger charge is 1.95. The summed E-state index contributed by atoms with van der Waals surface area (Å²) in [6.07, 6.45) is 8.06. The monoisotopic (exact) mass is 214 g/mol. The highest BCUT2D eigenvalue weighted by atomic mass is 14.0. The molecule has 0 radical (unpaired) electrons. The van der Waals surface area contributed by atoms with Gasteiger partial charge in [-0.15, -0.1) is 0 Å². The average molecular weight is 214 g/mol. The molecule has 1 aromatic carbocycles. The fourth-order valence-corrected chi connectivity index (χ4v) is 1.76. The Morgan fingerprint density at radius 1 is 1.06 bits per heavy atom. The lowest BCUT2D eigenvalue weighted by Crippen LogP contribution is -1.82. The number of allylic oxidation sites excluding steroid dienone is 4. The van der Waals surface area contributed by atoms with E-state index in [1.54, 1.807) is 0 Å². The zero-order valence-corrected chi connectivity index (χ0v) is 10.7. The first-order valence-electron chi connectivity index (χ1n) is 6.18. The first kappa shape index (κ1) is 12.8. The minimum absolute atomic E-state index is 1.09. The van der Waals surface area contributed by atoms with Gasteiger partial charge in [-0.2, -0.15) is 0 Å². The maximum atomic E-state index is 2.34. The van der Waals surface area contributed by atoms with E-state index in [0.717, 1.165) is 19.3 Å². The van der Waals surface area contributed by atoms with Crippen LogP contribution in [-0.4, -0.2) is 0 Å². The fourth-order valence-electron chi connectivity index (χ4n) is 1.76. The van der Waals surface area contributed by atoms with E-state index in [4.69, 9.17) is 0 Å². The van der Waals surface area contributed by atoms with Gasteiger partial charge in [0.2, 0.25) is 0 Å². The van der Waals surface area contributed by atoms with E-state index in [-0.39, 0.29) is 0 Å². The highest BCUT2D eigenvalue weighted by molar-refractivity contribution is 5.63. The van der Waals surface area contributed by atoms with Crippen LogP contribution in [0.5, 0.6) is 0 Å². The van der Waals surface area contributed by atoms with Crippen molar-refractivity contribution in [3.8, 4) is 0 Å². The molecule has 0 bridgehead atoms. The van der Waals surface area contributed by atoms with Gasteiger partial charge in [0.15, 0.2) is 0 Å². The normalized spacial score (nSPS) is 12.9. The Hall–Kier alpha value is -1.30. The molecular formula is C16H22. The summed E-state index contributed by atoms with van der Waals surface area (Å²) in [5.41, 5.74) is 4.24. The van der Waals surface area contributed by atoms with Crippen LogP contribution in [0, 0.1) is 0 Å². The molecule has 0 aliphatic carbocycles. The molecule has 86 valence electrons. The topological polar surface area (TPSA) is 0 Å². The van der Waals surface area contributed by atoms with Gasteiger partial charge in [0.05, 0.1) is 0 Å². The molecule has 0 fully saturated rings. The van der Waals surface area contributed by atoms with Gasteiger partial charge in [-0.1, -0.05) is 61.9 Å². The summed E-state index contributed by atoms with van der Waals surface area (Å²) < 4.78 is 0. The predicted molar refractivity (Wildman–Crippen MR) is 73.4 cm³/mol.